The fraction of sp³-hybridized carbons (Fsp3) is 0.235. The molecule has 0 aliphatic rings. The predicted octanol–water partition coefficient (Wildman–Crippen LogP) is 3.08. The molecule has 0 fully saturated rings. The molecule has 0 heterocycles. The van der Waals surface area contributed by atoms with Crippen LogP contribution >= 0.6 is 0 Å². The zero-order chi connectivity index (χ0) is 14.5. The molecule has 0 aromatic heterocycles. The second-order valence-corrected chi connectivity index (χ2v) is 5.12. The van der Waals surface area contributed by atoms with Gasteiger partial charge in [-0.1, -0.05) is 24.3 Å². The van der Waals surface area contributed by atoms with E-state index in [1.165, 1.54) is 5.56 Å². The van der Waals surface area contributed by atoms with Crippen LogP contribution in [-0.2, 0) is 13.1 Å². The van der Waals surface area contributed by atoms with Gasteiger partial charge in [0, 0.05) is 18.8 Å². The van der Waals surface area contributed by atoms with Gasteiger partial charge in [0.15, 0.2) is 0 Å². The molecule has 0 unspecified atom stereocenters. The Morgan fingerprint density at radius 1 is 1.10 bits per heavy atom. The number of benzene rings is 2. The second kappa shape index (κ2) is 6.23. The Labute approximate surface area is 120 Å². The molecule has 2 aromatic carbocycles. The van der Waals surface area contributed by atoms with Crippen molar-refractivity contribution in [3.8, 4) is 6.07 Å². The van der Waals surface area contributed by atoms with Crippen LogP contribution in [0.1, 0.15) is 22.3 Å². The highest BCUT2D eigenvalue weighted by atomic mass is 15.1. The van der Waals surface area contributed by atoms with Crippen LogP contribution in [0.15, 0.2) is 42.5 Å². The summed E-state index contributed by atoms with van der Waals surface area (Å²) in [5, 5.41) is 8.89. The summed E-state index contributed by atoms with van der Waals surface area (Å²) in [4.78, 5) is 2.22. The molecule has 0 saturated carbocycles. The van der Waals surface area contributed by atoms with Gasteiger partial charge in [-0.15, -0.1) is 0 Å². The summed E-state index contributed by atoms with van der Waals surface area (Å²) in [6.45, 7) is 3.69. The largest absolute Gasteiger partial charge is 0.398 e. The Bertz CT molecular complexity index is 641. The zero-order valence-electron chi connectivity index (χ0n) is 11.9. The summed E-state index contributed by atoms with van der Waals surface area (Å²) in [7, 11) is 2.07. The molecule has 0 amide bonds. The average molecular weight is 265 g/mol. The Kier molecular flexibility index (Phi) is 4.39. The number of nitrogen functional groups attached to an aromatic ring is 1. The van der Waals surface area contributed by atoms with Gasteiger partial charge in [0.1, 0.15) is 0 Å². The van der Waals surface area contributed by atoms with Crippen molar-refractivity contribution < 1.29 is 0 Å². The molecule has 0 atom stereocenters. The smallest absolute Gasteiger partial charge is 0.0991 e. The lowest BCUT2D eigenvalue weighted by atomic mass is 10.0. The van der Waals surface area contributed by atoms with Crippen LogP contribution in [0.2, 0.25) is 0 Å². The van der Waals surface area contributed by atoms with Crippen molar-refractivity contribution in [2.24, 2.45) is 0 Å². The molecule has 102 valence electrons. The lowest BCUT2D eigenvalue weighted by Crippen LogP contribution is -2.18. The number of nitrogens with two attached hydrogens (primary N) is 1. The van der Waals surface area contributed by atoms with Crippen LogP contribution in [-0.4, -0.2) is 11.9 Å². The monoisotopic (exact) mass is 265 g/mol. The molecule has 0 aliphatic carbocycles. The van der Waals surface area contributed by atoms with Crippen molar-refractivity contribution in [3.63, 3.8) is 0 Å². The Balaban J connectivity index is 2.07. The lowest BCUT2D eigenvalue weighted by molar-refractivity contribution is 0.319. The molecular weight excluding hydrogens is 246 g/mol. The normalized spacial score (nSPS) is 10.5. The van der Waals surface area contributed by atoms with Gasteiger partial charge in [-0.25, -0.2) is 0 Å². The quantitative estimate of drug-likeness (QED) is 0.864. The minimum absolute atomic E-state index is 0.709. The third kappa shape index (κ3) is 3.37. The maximum Gasteiger partial charge on any atom is 0.0991 e. The first kappa shape index (κ1) is 14.1. The number of hydrogen-bond acceptors (Lipinski definition) is 3. The van der Waals surface area contributed by atoms with E-state index in [0.717, 1.165) is 29.9 Å². The SMILES string of the molecule is Cc1cc(C#N)ccc1CN(C)Cc1ccccc1N. The highest BCUT2D eigenvalue weighted by Gasteiger charge is 2.06. The number of rotatable bonds is 4. The molecule has 0 spiro atoms. The molecule has 3 heteroatoms. The molecule has 2 aromatic rings. The summed E-state index contributed by atoms with van der Waals surface area (Å²) < 4.78 is 0. The van der Waals surface area contributed by atoms with Gasteiger partial charge in [0.25, 0.3) is 0 Å². The average Bonchev–Trinajstić information content (AvgIpc) is 2.43. The van der Waals surface area contributed by atoms with E-state index in [-0.39, 0.29) is 0 Å². The number of nitrogens with zero attached hydrogens (tertiary/aromatic N) is 2. The van der Waals surface area contributed by atoms with Gasteiger partial charge in [0.2, 0.25) is 0 Å². The van der Waals surface area contributed by atoms with Crippen molar-refractivity contribution in [2.75, 3.05) is 12.8 Å². The highest BCUT2D eigenvalue weighted by Crippen LogP contribution is 2.16. The van der Waals surface area contributed by atoms with Gasteiger partial charge in [-0.2, -0.15) is 5.26 Å². The summed E-state index contributed by atoms with van der Waals surface area (Å²) in [5.74, 6) is 0. The first-order chi connectivity index (χ1) is 9.60. The molecule has 3 nitrogen and oxygen atoms in total. The first-order valence-corrected chi connectivity index (χ1v) is 6.61. The molecule has 20 heavy (non-hydrogen) atoms. The van der Waals surface area contributed by atoms with Crippen molar-refractivity contribution in [3.05, 3.63) is 64.7 Å². The molecule has 0 bridgehead atoms. The summed E-state index contributed by atoms with van der Waals surface area (Å²) in [6.07, 6.45) is 0. The topological polar surface area (TPSA) is 53.0 Å². The van der Waals surface area contributed by atoms with Crippen LogP contribution in [0.25, 0.3) is 0 Å². The van der Waals surface area contributed by atoms with Crippen LogP contribution in [0.5, 0.6) is 0 Å². The number of anilines is 1. The number of nitriles is 1. The molecule has 2 rings (SSSR count). The van der Waals surface area contributed by atoms with Crippen molar-refractivity contribution in [1.29, 1.82) is 5.26 Å². The van der Waals surface area contributed by atoms with E-state index in [0.29, 0.717) is 5.56 Å². The van der Waals surface area contributed by atoms with Gasteiger partial charge in [0.05, 0.1) is 11.6 Å². The van der Waals surface area contributed by atoms with Gasteiger partial charge < -0.3 is 5.73 Å². The van der Waals surface area contributed by atoms with E-state index < -0.39 is 0 Å². The second-order valence-electron chi connectivity index (χ2n) is 5.12. The Hall–Kier alpha value is -2.31. The Morgan fingerprint density at radius 2 is 1.80 bits per heavy atom. The van der Waals surface area contributed by atoms with Crippen molar-refractivity contribution in [1.82, 2.24) is 4.90 Å². The minimum Gasteiger partial charge on any atom is -0.398 e. The third-order valence-electron chi connectivity index (χ3n) is 3.41. The van der Waals surface area contributed by atoms with E-state index in [9.17, 15) is 0 Å². The maximum atomic E-state index is 8.89. The van der Waals surface area contributed by atoms with Crippen LogP contribution in [0.3, 0.4) is 0 Å². The zero-order valence-corrected chi connectivity index (χ0v) is 11.9. The summed E-state index contributed by atoms with van der Waals surface area (Å²) in [5.41, 5.74) is 11.0. The van der Waals surface area contributed by atoms with Gasteiger partial charge in [-0.05, 0) is 48.9 Å². The van der Waals surface area contributed by atoms with Crippen LogP contribution in [0.4, 0.5) is 5.69 Å². The van der Waals surface area contributed by atoms with E-state index in [2.05, 4.69) is 24.1 Å². The minimum atomic E-state index is 0.709. The fourth-order valence-electron chi connectivity index (χ4n) is 2.26. The van der Waals surface area contributed by atoms with Crippen molar-refractivity contribution in [2.45, 2.75) is 20.0 Å². The highest BCUT2D eigenvalue weighted by molar-refractivity contribution is 5.46. The predicted molar refractivity (Wildman–Crippen MR) is 81.9 cm³/mol. The molecular formula is C17H19N3. The molecule has 0 radical (unpaired) electrons. The Morgan fingerprint density at radius 3 is 2.45 bits per heavy atom. The third-order valence-corrected chi connectivity index (χ3v) is 3.41. The number of aryl methyl sites for hydroxylation is 1. The maximum absolute atomic E-state index is 8.89. The van der Waals surface area contributed by atoms with E-state index in [1.807, 2.05) is 43.3 Å². The number of para-hydroxylation sites is 1. The standard InChI is InChI=1S/C17H19N3/c1-13-9-14(10-18)7-8-15(13)11-20(2)12-16-5-3-4-6-17(16)19/h3-9H,11-12,19H2,1-2H3. The summed E-state index contributed by atoms with van der Waals surface area (Å²) >= 11 is 0. The lowest BCUT2D eigenvalue weighted by Gasteiger charge is -2.19. The van der Waals surface area contributed by atoms with E-state index in [4.69, 9.17) is 11.0 Å². The molecule has 0 saturated heterocycles. The van der Waals surface area contributed by atoms with Crippen molar-refractivity contribution >= 4 is 5.69 Å². The van der Waals surface area contributed by atoms with Crippen LogP contribution in [0, 0.1) is 18.3 Å². The molecule has 0 aliphatic heterocycles. The first-order valence-electron chi connectivity index (χ1n) is 6.61. The van der Waals surface area contributed by atoms with Crippen LogP contribution < -0.4 is 5.73 Å². The van der Waals surface area contributed by atoms with E-state index in [1.54, 1.807) is 0 Å². The van der Waals surface area contributed by atoms with Gasteiger partial charge in [-0.3, -0.25) is 4.90 Å². The van der Waals surface area contributed by atoms with Gasteiger partial charge >= 0.3 is 0 Å². The van der Waals surface area contributed by atoms with E-state index >= 15 is 0 Å². The summed E-state index contributed by atoms with van der Waals surface area (Å²) in [6, 6.07) is 15.9. The fourth-order valence-corrected chi connectivity index (χ4v) is 2.26. The molecule has 2 N–H and O–H groups in total. The number of hydrogen-bond donors (Lipinski definition) is 1.